The van der Waals surface area contributed by atoms with Crippen LogP contribution in [-0.2, 0) is 10.5 Å². The Morgan fingerprint density at radius 3 is 2.68 bits per heavy atom. The van der Waals surface area contributed by atoms with Gasteiger partial charge in [0, 0.05) is 34.5 Å². The van der Waals surface area contributed by atoms with Crippen molar-refractivity contribution in [2.45, 2.75) is 31.4 Å². The topological polar surface area (TPSA) is 93.5 Å². The third-order valence-corrected chi connectivity index (χ3v) is 5.62. The lowest BCUT2D eigenvalue weighted by molar-refractivity contribution is -0.122. The van der Waals surface area contributed by atoms with Crippen molar-refractivity contribution in [3.8, 4) is 5.75 Å². The predicted molar refractivity (Wildman–Crippen MR) is 121 cm³/mol. The van der Waals surface area contributed by atoms with Crippen LogP contribution in [-0.4, -0.2) is 30.1 Å². The van der Waals surface area contributed by atoms with Gasteiger partial charge in [-0.15, -0.1) is 11.8 Å². The summed E-state index contributed by atoms with van der Waals surface area (Å²) in [6, 6.07) is 14.4. The number of anilines is 1. The van der Waals surface area contributed by atoms with Gasteiger partial charge >= 0.3 is 0 Å². The standard InChI is InChI=1S/C23H25N3O4S/c1-4-24-22(27)13-29-18-9-7-8-17(12-18)25-23(28)19-10-5-6-11-21(19)31-14-20-15(2)26-30-16(20)3/h5-12H,4,13-14H2,1-3H3,(H,24,27)(H,25,28). The molecule has 7 nitrogen and oxygen atoms in total. The number of hydrogen-bond donors (Lipinski definition) is 2. The van der Waals surface area contributed by atoms with Crippen LogP contribution < -0.4 is 15.4 Å². The van der Waals surface area contributed by atoms with Gasteiger partial charge in [0.05, 0.1) is 11.3 Å². The number of carbonyl (C=O) groups is 2. The monoisotopic (exact) mass is 439 g/mol. The maximum absolute atomic E-state index is 12.9. The van der Waals surface area contributed by atoms with Crippen molar-refractivity contribution in [1.29, 1.82) is 0 Å². The van der Waals surface area contributed by atoms with Crippen molar-refractivity contribution >= 4 is 29.3 Å². The zero-order valence-corrected chi connectivity index (χ0v) is 18.5. The van der Waals surface area contributed by atoms with Crippen molar-refractivity contribution in [2.75, 3.05) is 18.5 Å². The fourth-order valence-electron chi connectivity index (χ4n) is 2.90. The molecule has 0 saturated heterocycles. The predicted octanol–water partition coefficient (Wildman–Crippen LogP) is 4.35. The summed E-state index contributed by atoms with van der Waals surface area (Å²) in [5.74, 6) is 1.54. The lowest BCUT2D eigenvalue weighted by Crippen LogP contribution is -2.28. The SMILES string of the molecule is CCNC(=O)COc1cccc(NC(=O)c2ccccc2SCc2c(C)noc2C)c1. The van der Waals surface area contributed by atoms with Crippen LogP contribution in [0.4, 0.5) is 5.69 Å². The Balaban J connectivity index is 1.67. The number of aromatic nitrogens is 1. The van der Waals surface area contributed by atoms with E-state index in [0.29, 0.717) is 29.3 Å². The van der Waals surface area contributed by atoms with Crippen LogP contribution in [0.1, 0.15) is 34.3 Å². The molecule has 0 unspecified atom stereocenters. The smallest absolute Gasteiger partial charge is 0.257 e. The highest BCUT2D eigenvalue weighted by molar-refractivity contribution is 7.98. The maximum atomic E-state index is 12.9. The molecule has 1 aromatic heterocycles. The fraction of sp³-hybridized carbons (Fsp3) is 0.261. The molecule has 0 bridgehead atoms. The molecule has 0 aliphatic rings. The van der Waals surface area contributed by atoms with Crippen LogP contribution in [0.2, 0.25) is 0 Å². The molecule has 0 saturated carbocycles. The normalized spacial score (nSPS) is 10.5. The molecule has 0 radical (unpaired) electrons. The first-order valence-electron chi connectivity index (χ1n) is 9.92. The number of hydrogen-bond acceptors (Lipinski definition) is 6. The molecular weight excluding hydrogens is 414 g/mol. The average molecular weight is 440 g/mol. The van der Waals surface area contributed by atoms with E-state index in [2.05, 4.69) is 15.8 Å². The minimum absolute atomic E-state index is 0.0770. The second kappa shape index (κ2) is 10.7. The van der Waals surface area contributed by atoms with Gasteiger partial charge in [0.1, 0.15) is 11.5 Å². The summed E-state index contributed by atoms with van der Waals surface area (Å²) in [6.07, 6.45) is 0. The highest BCUT2D eigenvalue weighted by Gasteiger charge is 2.15. The molecule has 0 aliphatic heterocycles. The summed E-state index contributed by atoms with van der Waals surface area (Å²) in [4.78, 5) is 25.4. The van der Waals surface area contributed by atoms with Crippen LogP contribution in [0, 0.1) is 13.8 Å². The minimum Gasteiger partial charge on any atom is -0.484 e. The number of aryl methyl sites for hydroxylation is 2. The largest absolute Gasteiger partial charge is 0.484 e. The van der Waals surface area contributed by atoms with Gasteiger partial charge in [-0.25, -0.2) is 0 Å². The van der Waals surface area contributed by atoms with E-state index in [0.717, 1.165) is 21.9 Å². The first-order valence-corrected chi connectivity index (χ1v) is 10.9. The van der Waals surface area contributed by atoms with E-state index < -0.39 is 0 Å². The summed E-state index contributed by atoms with van der Waals surface area (Å²) in [5.41, 5.74) is 3.06. The van der Waals surface area contributed by atoms with Crippen molar-refractivity contribution in [2.24, 2.45) is 0 Å². The Morgan fingerprint density at radius 1 is 1.13 bits per heavy atom. The summed E-state index contributed by atoms with van der Waals surface area (Å²) in [7, 11) is 0. The zero-order chi connectivity index (χ0) is 22.2. The van der Waals surface area contributed by atoms with E-state index in [-0.39, 0.29) is 18.4 Å². The van der Waals surface area contributed by atoms with Crippen molar-refractivity contribution < 1.29 is 18.8 Å². The van der Waals surface area contributed by atoms with Crippen LogP contribution in [0.3, 0.4) is 0 Å². The van der Waals surface area contributed by atoms with Crippen LogP contribution in [0.15, 0.2) is 57.9 Å². The molecule has 3 rings (SSSR count). The number of benzene rings is 2. The van der Waals surface area contributed by atoms with Gasteiger partial charge in [0.15, 0.2) is 6.61 Å². The molecular formula is C23H25N3O4S. The van der Waals surface area contributed by atoms with Gasteiger partial charge < -0.3 is 19.9 Å². The first kappa shape index (κ1) is 22.4. The quantitative estimate of drug-likeness (QED) is 0.482. The van der Waals surface area contributed by atoms with Gasteiger partial charge in [-0.2, -0.15) is 0 Å². The molecule has 2 amide bonds. The summed E-state index contributed by atoms with van der Waals surface area (Å²) in [5, 5.41) is 9.56. The highest BCUT2D eigenvalue weighted by atomic mass is 32.2. The highest BCUT2D eigenvalue weighted by Crippen LogP contribution is 2.29. The number of thioether (sulfide) groups is 1. The third kappa shape index (κ3) is 6.11. The van der Waals surface area contributed by atoms with E-state index in [9.17, 15) is 9.59 Å². The van der Waals surface area contributed by atoms with Gasteiger partial charge in [-0.1, -0.05) is 23.4 Å². The molecule has 8 heteroatoms. The van der Waals surface area contributed by atoms with Gasteiger partial charge in [0.25, 0.3) is 11.8 Å². The molecule has 0 aliphatic carbocycles. The van der Waals surface area contributed by atoms with Gasteiger partial charge in [-0.05, 0) is 45.0 Å². The molecule has 0 spiro atoms. The lowest BCUT2D eigenvalue weighted by Gasteiger charge is -2.11. The Hall–Kier alpha value is -3.26. The second-order valence-corrected chi connectivity index (χ2v) is 7.83. The Morgan fingerprint density at radius 2 is 1.94 bits per heavy atom. The zero-order valence-electron chi connectivity index (χ0n) is 17.7. The third-order valence-electron chi connectivity index (χ3n) is 4.52. The summed E-state index contributed by atoms with van der Waals surface area (Å²) in [6.45, 7) is 6.11. The molecule has 2 aromatic carbocycles. The van der Waals surface area contributed by atoms with E-state index >= 15 is 0 Å². The van der Waals surface area contributed by atoms with Gasteiger partial charge in [0.2, 0.25) is 0 Å². The number of nitrogens with one attached hydrogen (secondary N) is 2. The number of carbonyl (C=O) groups excluding carboxylic acids is 2. The number of amides is 2. The van der Waals surface area contributed by atoms with Crippen LogP contribution in [0.5, 0.6) is 5.75 Å². The maximum Gasteiger partial charge on any atom is 0.257 e. The molecule has 31 heavy (non-hydrogen) atoms. The molecule has 2 N–H and O–H groups in total. The molecule has 162 valence electrons. The molecule has 0 atom stereocenters. The van der Waals surface area contributed by atoms with Crippen molar-refractivity contribution in [1.82, 2.24) is 10.5 Å². The Labute approximate surface area is 185 Å². The second-order valence-electron chi connectivity index (χ2n) is 6.81. The number of likely N-dealkylation sites (N-methyl/N-ethyl adjacent to an activating group) is 1. The summed E-state index contributed by atoms with van der Waals surface area (Å²) < 4.78 is 10.7. The minimum atomic E-state index is -0.220. The van der Waals surface area contributed by atoms with Crippen molar-refractivity contribution in [3.05, 3.63) is 71.1 Å². The Bertz CT molecular complexity index is 1040. The Kier molecular flexibility index (Phi) is 7.72. The number of ether oxygens (including phenoxy) is 1. The van der Waals surface area contributed by atoms with E-state index in [1.54, 1.807) is 42.1 Å². The van der Waals surface area contributed by atoms with Crippen LogP contribution in [0.25, 0.3) is 0 Å². The molecule has 1 heterocycles. The van der Waals surface area contributed by atoms with Gasteiger partial charge in [-0.3, -0.25) is 9.59 Å². The number of rotatable bonds is 9. The lowest BCUT2D eigenvalue weighted by atomic mass is 10.2. The molecule has 0 fully saturated rings. The fourth-order valence-corrected chi connectivity index (χ4v) is 4.10. The van der Waals surface area contributed by atoms with Crippen molar-refractivity contribution in [3.63, 3.8) is 0 Å². The average Bonchev–Trinajstić information content (AvgIpc) is 3.09. The summed E-state index contributed by atoms with van der Waals surface area (Å²) >= 11 is 1.56. The first-order chi connectivity index (χ1) is 15.0. The molecule has 3 aromatic rings. The van der Waals surface area contributed by atoms with E-state index in [1.165, 1.54) is 0 Å². The van der Waals surface area contributed by atoms with Crippen LogP contribution >= 0.6 is 11.8 Å². The van der Waals surface area contributed by atoms with E-state index in [4.69, 9.17) is 9.26 Å². The van der Waals surface area contributed by atoms with E-state index in [1.807, 2.05) is 39.0 Å². The number of nitrogens with zero attached hydrogens (tertiary/aromatic N) is 1.